The first-order valence-electron chi connectivity index (χ1n) is 8.75. The summed E-state index contributed by atoms with van der Waals surface area (Å²) in [5, 5.41) is 0. The van der Waals surface area contributed by atoms with Crippen molar-refractivity contribution in [1.29, 1.82) is 0 Å². The predicted molar refractivity (Wildman–Crippen MR) is 99.7 cm³/mol. The van der Waals surface area contributed by atoms with Gasteiger partial charge in [-0.2, -0.15) is 0 Å². The molecular weight excluding hydrogens is 276 g/mol. The van der Waals surface area contributed by atoms with Crippen molar-refractivity contribution in [2.24, 2.45) is 0 Å². The van der Waals surface area contributed by atoms with E-state index in [9.17, 15) is 0 Å². The molecule has 23 heavy (non-hydrogen) atoms. The lowest BCUT2D eigenvalue weighted by molar-refractivity contribution is 0.738. The zero-order valence-corrected chi connectivity index (χ0v) is 14.3. The molecule has 2 aliphatic carbocycles. The number of benzene rings is 2. The smallest absolute Gasteiger partial charge is 0.0111 e. The fourth-order valence-electron chi connectivity index (χ4n) is 4.36. The Morgan fingerprint density at radius 1 is 0.913 bits per heavy atom. The number of hydrogen-bond donors (Lipinski definition) is 0. The molecule has 0 radical (unpaired) electrons. The van der Waals surface area contributed by atoms with Crippen molar-refractivity contribution in [3.05, 3.63) is 76.4 Å². The highest BCUT2D eigenvalue weighted by atomic mass is 14.3. The van der Waals surface area contributed by atoms with Crippen molar-refractivity contribution in [2.45, 2.75) is 46.0 Å². The van der Waals surface area contributed by atoms with Gasteiger partial charge in [0.1, 0.15) is 0 Å². The largest absolute Gasteiger partial charge is 0.0839 e. The molecule has 0 amide bonds. The van der Waals surface area contributed by atoms with Crippen LogP contribution in [0.5, 0.6) is 0 Å². The molecule has 0 aromatic heterocycles. The molecule has 2 aromatic carbocycles. The van der Waals surface area contributed by atoms with Gasteiger partial charge >= 0.3 is 0 Å². The van der Waals surface area contributed by atoms with Crippen LogP contribution < -0.4 is 0 Å². The molecule has 1 unspecified atom stereocenters. The van der Waals surface area contributed by atoms with E-state index < -0.39 is 0 Å². The summed E-state index contributed by atoms with van der Waals surface area (Å²) >= 11 is 0. The normalized spacial score (nSPS) is 19.5. The molecule has 0 fully saturated rings. The summed E-state index contributed by atoms with van der Waals surface area (Å²) in [7, 11) is 0. The van der Waals surface area contributed by atoms with E-state index in [1.165, 1.54) is 47.1 Å². The molecule has 0 heteroatoms. The maximum absolute atomic E-state index is 2.40. The second-order valence-corrected chi connectivity index (χ2v) is 7.08. The van der Waals surface area contributed by atoms with Crippen LogP contribution in [-0.4, -0.2) is 0 Å². The van der Waals surface area contributed by atoms with Crippen LogP contribution in [0, 0.1) is 13.8 Å². The Kier molecular flexibility index (Phi) is 3.49. The molecule has 0 bridgehead atoms. The molecule has 0 nitrogen and oxygen atoms in total. The minimum Gasteiger partial charge on any atom is -0.0839 e. The average Bonchev–Trinajstić information content (AvgIpc) is 2.56. The van der Waals surface area contributed by atoms with Crippen LogP contribution in [0.25, 0.3) is 16.7 Å². The molecule has 2 aromatic rings. The van der Waals surface area contributed by atoms with Crippen LogP contribution in [0.15, 0.2) is 54.1 Å². The Balaban J connectivity index is 2.02. The van der Waals surface area contributed by atoms with E-state index in [0.717, 1.165) is 0 Å². The zero-order valence-electron chi connectivity index (χ0n) is 14.3. The van der Waals surface area contributed by atoms with Crippen molar-refractivity contribution >= 4 is 5.57 Å². The lowest BCUT2D eigenvalue weighted by Crippen LogP contribution is -2.12. The van der Waals surface area contributed by atoms with Gasteiger partial charge in [0.15, 0.2) is 0 Å². The van der Waals surface area contributed by atoms with Gasteiger partial charge in [0.25, 0.3) is 0 Å². The van der Waals surface area contributed by atoms with Crippen molar-refractivity contribution in [2.75, 3.05) is 0 Å². The van der Waals surface area contributed by atoms with E-state index in [1.807, 2.05) is 0 Å². The van der Waals surface area contributed by atoms with Gasteiger partial charge in [-0.25, -0.2) is 0 Å². The highest BCUT2D eigenvalue weighted by molar-refractivity contribution is 5.85. The summed E-state index contributed by atoms with van der Waals surface area (Å²) in [6, 6.07) is 13.5. The monoisotopic (exact) mass is 300 g/mol. The maximum Gasteiger partial charge on any atom is -0.0111 e. The minimum absolute atomic E-state index is 0.584. The third-order valence-corrected chi connectivity index (χ3v) is 5.48. The molecule has 0 N–H and O–H groups in total. The second kappa shape index (κ2) is 5.53. The van der Waals surface area contributed by atoms with Crippen LogP contribution in [-0.2, 0) is 0 Å². The summed E-state index contributed by atoms with van der Waals surface area (Å²) in [5.41, 5.74) is 11.9. The van der Waals surface area contributed by atoms with Crippen LogP contribution >= 0.6 is 0 Å². The van der Waals surface area contributed by atoms with Gasteiger partial charge in [-0.1, -0.05) is 55.5 Å². The Morgan fingerprint density at radius 3 is 2.57 bits per heavy atom. The SMILES string of the molecule is Cc1ccccc1-c1c(C)ccc2c1C(C)CC1=C2CCC=C1. The fourth-order valence-corrected chi connectivity index (χ4v) is 4.36. The second-order valence-electron chi connectivity index (χ2n) is 7.08. The summed E-state index contributed by atoms with van der Waals surface area (Å²) in [6.45, 7) is 6.89. The average molecular weight is 300 g/mol. The van der Waals surface area contributed by atoms with E-state index >= 15 is 0 Å². The van der Waals surface area contributed by atoms with Gasteiger partial charge < -0.3 is 0 Å². The van der Waals surface area contributed by atoms with E-state index in [-0.39, 0.29) is 0 Å². The molecule has 0 saturated carbocycles. The number of aryl methyl sites for hydroxylation is 2. The lowest BCUT2D eigenvalue weighted by Gasteiger charge is -2.32. The van der Waals surface area contributed by atoms with Crippen molar-refractivity contribution in [3.8, 4) is 11.1 Å². The first kappa shape index (κ1) is 14.5. The van der Waals surface area contributed by atoms with Crippen molar-refractivity contribution in [3.63, 3.8) is 0 Å². The Labute approximate surface area is 139 Å². The molecule has 2 aliphatic rings. The standard InChI is InChI=1S/C23H24/c1-15-8-4-6-10-19(15)22-16(2)12-13-21-20-11-7-5-9-18(20)14-17(3)23(21)22/h4-6,8-10,12-13,17H,7,11,14H2,1-3H3. The van der Waals surface area contributed by atoms with Crippen molar-refractivity contribution < 1.29 is 0 Å². The Bertz CT molecular complexity index is 833. The number of fused-ring (bicyclic) bond motifs is 2. The first-order valence-corrected chi connectivity index (χ1v) is 8.75. The van der Waals surface area contributed by atoms with Gasteiger partial charge in [0.05, 0.1) is 0 Å². The summed E-state index contributed by atoms with van der Waals surface area (Å²) in [4.78, 5) is 0. The first-order chi connectivity index (χ1) is 11.2. The van der Waals surface area contributed by atoms with E-state index in [0.29, 0.717) is 5.92 Å². The van der Waals surface area contributed by atoms with Crippen LogP contribution in [0.1, 0.15) is 54.4 Å². The zero-order chi connectivity index (χ0) is 16.0. The van der Waals surface area contributed by atoms with Crippen LogP contribution in [0.2, 0.25) is 0 Å². The fraction of sp³-hybridized carbons (Fsp3) is 0.304. The number of allylic oxidation sites excluding steroid dienone is 4. The highest BCUT2D eigenvalue weighted by Crippen LogP contribution is 2.47. The van der Waals surface area contributed by atoms with Gasteiger partial charge in [-0.15, -0.1) is 0 Å². The summed E-state index contributed by atoms with van der Waals surface area (Å²) in [6.07, 6.45) is 8.27. The molecule has 0 spiro atoms. The third kappa shape index (κ3) is 2.28. The predicted octanol–water partition coefficient (Wildman–Crippen LogP) is 6.58. The molecule has 0 aliphatic heterocycles. The molecule has 0 heterocycles. The summed E-state index contributed by atoms with van der Waals surface area (Å²) < 4.78 is 0. The van der Waals surface area contributed by atoms with Gasteiger partial charge in [0, 0.05) is 0 Å². The van der Waals surface area contributed by atoms with E-state index in [4.69, 9.17) is 0 Å². The van der Waals surface area contributed by atoms with E-state index in [2.05, 4.69) is 69.3 Å². The summed E-state index contributed by atoms with van der Waals surface area (Å²) in [5.74, 6) is 0.584. The number of hydrogen-bond acceptors (Lipinski definition) is 0. The number of rotatable bonds is 1. The van der Waals surface area contributed by atoms with Gasteiger partial charge in [-0.3, -0.25) is 0 Å². The third-order valence-electron chi connectivity index (χ3n) is 5.48. The quantitative estimate of drug-likeness (QED) is 0.558. The lowest BCUT2D eigenvalue weighted by atomic mass is 9.72. The molecule has 1 atom stereocenters. The Morgan fingerprint density at radius 2 is 1.74 bits per heavy atom. The van der Waals surface area contributed by atoms with Crippen LogP contribution in [0.4, 0.5) is 0 Å². The van der Waals surface area contributed by atoms with Gasteiger partial charge in [-0.05, 0) is 83.6 Å². The van der Waals surface area contributed by atoms with Gasteiger partial charge in [0.2, 0.25) is 0 Å². The topological polar surface area (TPSA) is 0 Å². The van der Waals surface area contributed by atoms with Crippen LogP contribution in [0.3, 0.4) is 0 Å². The molecule has 116 valence electrons. The molecule has 4 rings (SSSR count). The molecular formula is C23H24. The van der Waals surface area contributed by atoms with E-state index in [1.54, 1.807) is 16.7 Å². The Hall–Kier alpha value is -2.08. The molecule has 0 saturated heterocycles. The van der Waals surface area contributed by atoms with Crippen molar-refractivity contribution in [1.82, 2.24) is 0 Å². The maximum atomic E-state index is 2.40. The highest BCUT2D eigenvalue weighted by Gasteiger charge is 2.27. The minimum atomic E-state index is 0.584.